The van der Waals surface area contributed by atoms with Crippen LogP contribution >= 0.6 is 11.8 Å². The summed E-state index contributed by atoms with van der Waals surface area (Å²) >= 11 is 1.99. The average Bonchev–Trinajstić information content (AvgIpc) is 2.34. The minimum Gasteiger partial charge on any atom is -0.282 e. The number of nitrogens with zero attached hydrogens (tertiary/aromatic N) is 1. The van der Waals surface area contributed by atoms with Crippen molar-refractivity contribution in [3.63, 3.8) is 0 Å². The molecule has 9 heavy (non-hydrogen) atoms. The summed E-state index contributed by atoms with van der Waals surface area (Å²) in [4.78, 5) is 4.34. The van der Waals surface area contributed by atoms with Gasteiger partial charge in [-0.3, -0.25) is 4.99 Å². The predicted molar refractivity (Wildman–Crippen MR) is 44.2 cm³/mol. The van der Waals surface area contributed by atoms with Gasteiger partial charge in [-0.15, -0.1) is 11.8 Å². The summed E-state index contributed by atoms with van der Waals surface area (Å²) in [7, 11) is 0. The molecule has 0 N–H and O–H groups in total. The Hall–Kier alpha value is 0.0200. The van der Waals surface area contributed by atoms with Crippen molar-refractivity contribution in [2.24, 2.45) is 4.99 Å². The summed E-state index contributed by atoms with van der Waals surface area (Å²) in [6.07, 6.45) is 4.50. The highest BCUT2D eigenvalue weighted by molar-refractivity contribution is 8.01. The van der Waals surface area contributed by atoms with Crippen LogP contribution in [0.25, 0.3) is 0 Å². The molecule has 0 bridgehead atoms. The molecule has 0 saturated heterocycles. The third-order valence-corrected chi connectivity index (χ3v) is 3.08. The highest BCUT2D eigenvalue weighted by atomic mass is 32.2. The van der Waals surface area contributed by atoms with Crippen molar-refractivity contribution in [2.45, 2.75) is 37.3 Å². The molecule has 0 amide bonds. The van der Waals surface area contributed by atoms with Crippen molar-refractivity contribution in [3.8, 4) is 0 Å². The monoisotopic (exact) mass is 143 g/mol. The summed E-state index contributed by atoms with van der Waals surface area (Å²) in [6, 6.07) is 0. The first kappa shape index (κ1) is 7.13. The maximum absolute atomic E-state index is 4.34. The first-order valence-electron chi connectivity index (χ1n) is 3.55. The van der Waals surface area contributed by atoms with Crippen molar-refractivity contribution < 1.29 is 0 Å². The third-order valence-electron chi connectivity index (χ3n) is 1.50. The molecule has 52 valence electrons. The quantitative estimate of drug-likeness (QED) is 0.578. The van der Waals surface area contributed by atoms with Crippen LogP contribution in [0.15, 0.2) is 4.99 Å². The van der Waals surface area contributed by atoms with Gasteiger partial charge in [0.15, 0.2) is 0 Å². The zero-order valence-corrected chi connectivity index (χ0v) is 6.82. The fourth-order valence-corrected chi connectivity index (χ4v) is 1.94. The molecule has 0 spiro atoms. The van der Waals surface area contributed by atoms with Gasteiger partial charge < -0.3 is 0 Å². The molecular weight excluding hydrogens is 130 g/mol. The molecule has 1 aliphatic rings. The SMILES string of the molecule is CCC1C=NC(CC)S1. The molecule has 0 radical (unpaired) electrons. The first-order valence-corrected chi connectivity index (χ1v) is 4.49. The summed E-state index contributed by atoms with van der Waals surface area (Å²) in [5, 5.41) is 1.27. The van der Waals surface area contributed by atoms with E-state index in [1.54, 1.807) is 0 Å². The van der Waals surface area contributed by atoms with Gasteiger partial charge >= 0.3 is 0 Å². The van der Waals surface area contributed by atoms with Crippen molar-refractivity contribution in [1.29, 1.82) is 0 Å². The molecule has 1 heterocycles. The number of aliphatic imine (C=N–C) groups is 1. The molecule has 0 saturated carbocycles. The Balaban J connectivity index is 2.31. The smallest absolute Gasteiger partial charge is 0.0951 e. The van der Waals surface area contributed by atoms with Crippen LogP contribution in [0.3, 0.4) is 0 Å². The van der Waals surface area contributed by atoms with Gasteiger partial charge in [-0.2, -0.15) is 0 Å². The Kier molecular flexibility index (Phi) is 2.58. The van der Waals surface area contributed by atoms with Crippen molar-refractivity contribution in [2.75, 3.05) is 0 Å². The van der Waals surface area contributed by atoms with Crippen molar-refractivity contribution in [3.05, 3.63) is 0 Å². The van der Waals surface area contributed by atoms with Gasteiger partial charge in [0.05, 0.1) is 5.37 Å². The minimum atomic E-state index is 0.565. The molecule has 0 fully saturated rings. The topological polar surface area (TPSA) is 12.4 Å². The van der Waals surface area contributed by atoms with Crippen molar-refractivity contribution >= 4 is 18.0 Å². The van der Waals surface area contributed by atoms with E-state index in [9.17, 15) is 0 Å². The van der Waals surface area contributed by atoms with Crippen LogP contribution in [0.2, 0.25) is 0 Å². The van der Waals surface area contributed by atoms with E-state index in [-0.39, 0.29) is 0 Å². The molecule has 2 unspecified atom stereocenters. The Morgan fingerprint density at radius 3 is 2.56 bits per heavy atom. The molecule has 1 rings (SSSR count). The van der Waals surface area contributed by atoms with Gasteiger partial charge in [-0.05, 0) is 12.8 Å². The van der Waals surface area contributed by atoms with Gasteiger partial charge in [0.2, 0.25) is 0 Å². The molecule has 2 heteroatoms. The van der Waals surface area contributed by atoms with E-state index >= 15 is 0 Å². The number of rotatable bonds is 2. The van der Waals surface area contributed by atoms with E-state index in [1.807, 2.05) is 11.8 Å². The lowest BCUT2D eigenvalue weighted by molar-refractivity contribution is 0.883. The summed E-state index contributed by atoms with van der Waals surface area (Å²) < 4.78 is 0. The largest absolute Gasteiger partial charge is 0.282 e. The molecular formula is C7H13NS. The van der Waals surface area contributed by atoms with Crippen molar-refractivity contribution in [1.82, 2.24) is 0 Å². The fourth-order valence-electron chi connectivity index (χ4n) is 0.867. The fraction of sp³-hybridized carbons (Fsp3) is 0.857. The highest BCUT2D eigenvalue weighted by Crippen LogP contribution is 2.27. The zero-order valence-electron chi connectivity index (χ0n) is 6.00. The Labute approximate surface area is 60.9 Å². The standard InChI is InChI=1S/C7H13NS/c1-3-6-5-8-7(4-2)9-6/h5-7H,3-4H2,1-2H3. The molecule has 1 nitrogen and oxygen atoms in total. The highest BCUT2D eigenvalue weighted by Gasteiger charge is 2.16. The van der Waals surface area contributed by atoms with Crippen LogP contribution < -0.4 is 0 Å². The Bertz CT molecular complexity index is 99.5. The van der Waals surface area contributed by atoms with Crippen LogP contribution in [0, 0.1) is 0 Å². The van der Waals surface area contributed by atoms with E-state index in [2.05, 4.69) is 25.1 Å². The van der Waals surface area contributed by atoms with E-state index in [4.69, 9.17) is 0 Å². The second kappa shape index (κ2) is 3.25. The van der Waals surface area contributed by atoms with Gasteiger partial charge in [-0.25, -0.2) is 0 Å². The second-order valence-electron chi connectivity index (χ2n) is 2.24. The summed E-state index contributed by atoms with van der Waals surface area (Å²) in [5.74, 6) is 0. The molecule has 0 aliphatic carbocycles. The molecule has 1 aliphatic heterocycles. The van der Waals surface area contributed by atoms with E-state index in [1.165, 1.54) is 12.8 Å². The second-order valence-corrected chi connectivity index (χ2v) is 3.67. The zero-order chi connectivity index (χ0) is 6.69. The molecule has 2 atom stereocenters. The summed E-state index contributed by atoms with van der Waals surface area (Å²) in [6.45, 7) is 4.40. The van der Waals surface area contributed by atoms with E-state index in [0.717, 1.165) is 0 Å². The molecule has 0 aromatic heterocycles. The van der Waals surface area contributed by atoms with Crippen LogP contribution in [0.5, 0.6) is 0 Å². The lowest BCUT2D eigenvalue weighted by Crippen LogP contribution is -1.97. The van der Waals surface area contributed by atoms with Crippen LogP contribution in [0.4, 0.5) is 0 Å². The maximum Gasteiger partial charge on any atom is 0.0951 e. The van der Waals surface area contributed by atoms with Crippen LogP contribution in [-0.2, 0) is 0 Å². The molecule has 0 aromatic rings. The number of hydrogen-bond acceptors (Lipinski definition) is 2. The van der Waals surface area contributed by atoms with Crippen LogP contribution in [-0.4, -0.2) is 16.8 Å². The number of thioether (sulfide) groups is 1. The van der Waals surface area contributed by atoms with Crippen LogP contribution in [0.1, 0.15) is 26.7 Å². The maximum atomic E-state index is 4.34. The first-order chi connectivity index (χ1) is 4.36. The average molecular weight is 143 g/mol. The third kappa shape index (κ3) is 1.71. The van der Waals surface area contributed by atoms with Gasteiger partial charge in [-0.1, -0.05) is 13.8 Å². The molecule has 0 aromatic carbocycles. The lowest BCUT2D eigenvalue weighted by Gasteiger charge is -2.03. The van der Waals surface area contributed by atoms with Gasteiger partial charge in [0.1, 0.15) is 0 Å². The lowest BCUT2D eigenvalue weighted by atomic mass is 10.3. The normalized spacial score (nSPS) is 33.6. The minimum absolute atomic E-state index is 0.565. The predicted octanol–water partition coefficient (Wildman–Crippen LogP) is 2.32. The van der Waals surface area contributed by atoms with E-state index in [0.29, 0.717) is 10.6 Å². The number of hydrogen-bond donors (Lipinski definition) is 0. The van der Waals surface area contributed by atoms with E-state index < -0.39 is 0 Å². The van der Waals surface area contributed by atoms with Gasteiger partial charge in [0.25, 0.3) is 0 Å². The Morgan fingerprint density at radius 1 is 1.44 bits per heavy atom. The summed E-state index contributed by atoms with van der Waals surface area (Å²) in [5.41, 5.74) is 0. The van der Waals surface area contributed by atoms with Gasteiger partial charge in [0, 0.05) is 11.5 Å². The Morgan fingerprint density at radius 2 is 2.22 bits per heavy atom.